The zero-order valence-corrected chi connectivity index (χ0v) is 16.2. The highest BCUT2D eigenvalue weighted by Gasteiger charge is 2.26. The van der Waals surface area contributed by atoms with Crippen LogP contribution in [0.15, 0.2) is 23.2 Å². The summed E-state index contributed by atoms with van der Waals surface area (Å²) in [4.78, 5) is 22.2. The molecule has 2 rings (SSSR count). The maximum Gasteiger partial charge on any atom is 0.410 e. The Balaban J connectivity index is 2.03. The van der Waals surface area contributed by atoms with Crippen molar-refractivity contribution in [3.8, 4) is 6.07 Å². The second-order valence-corrected chi connectivity index (χ2v) is 7.48. The summed E-state index contributed by atoms with van der Waals surface area (Å²) in [7, 11) is 3.77. The Kier molecular flexibility index (Phi) is 6.09. The molecule has 140 valence electrons. The fourth-order valence-electron chi connectivity index (χ4n) is 2.57. The zero-order valence-electron chi connectivity index (χ0n) is 16.2. The Labute approximate surface area is 155 Å². The van der Waals surface area contributed by atoms with E-state index in [1.54, 1.807) is 11.2 Å². The lowest BCUT2D eigenvalue weighted by Gasteiger charge is -2.36. The van der Waals surface area contributed by atoms with Crippen LogP contribution in [0.25, 0.3) is 0 Å². The molecule has 0 N–H and O–H groups in total. The summed E-state index contributed by atoms with van der Waals surface area (Å²) in [5, 5.41) is 9.40. The molecule has 0 unspecified atom stereocenters. The van der Waals surface area contributed by atoms with E-state index >= 15 is 0 Å². The largest absolute Gasteiger partial charge is 0.444 e. The van der Waals surface area contributed by atoms with Crippen molar-refractivity contribution in [2.75, 3.05) is 45.2 Å². The molecule has 0 saturated carbocycles. The van der Waals surface area contributed by atoms with E-state index < -0.39 is 5.60 Å². The van der Waals surface area contributed by atoms with Crippen molar-refractivity contribution in [2.45, 2.75) is 26.4 Å². The number of carbonyl (C=O) groups excluding carboxylic acids is 1. The van der Waals surface area contributed by atoms with Gasteiger partial charge >= 0.3 is 6.09 Å². The fourth-order valence-corrected chi connectivity index (χ4v) is 2.57. The number of piperazine rings is 1. The molecule has 0 aromatic heterocycles. The number of hydrogen-bond donors (Lipinski definition) is 0. The molecule has 0 spiro atoms. The summed E-state index contributed by atoms with van der Waals surface area (Å²) in [5.74, 6) is 0. The molecular formula is C19H27N5O2. The second kappa shape index (κ2) is 8.09. The molecule has 7 heteroatoms. The van der Waals surface area contributed by atoms with Gasteiger partial charge in [-0.3, -0.25) is 0 Å². The van der Waals surface area contributed by atoms with Gasteiger partial charge < -0.3 is 19.4 Å². The van der Waals surface area contributed by atoms with Crippen LogP contribution in [-0.4, -0.2) is 68.1 Å². The number of ether oxygens (including phenoxy) is 1. The average Bonchev–Trinajstić information content (AvgIpc) is 2.58. The van der Waals surface area contributed by atoms with Gasteiger partial charge in [0.05, 0.1) is 17.6 Å². The molecule has 0 aliphatic carbocycles. The minimum atomic E-state index is -0.487. The van der Waals surface area contributed by atoms with Gasteiger partial charge in [0.25, 0.3) is 0 Å². The van der Waals surface area contributed by atoms with Gasteiger partial charge in [-0.1, -0.05) is 0 Å². The van der Waals surface area contributed by atoms with E-state index in [-0.39, 0.29) is 6.09 Å². The van der Waals surface area contributed by atoms with Crippen molar-refractivity contribution in [1.29, 1.82) is 5.26 Å². The summed E-state index contributed by atoms with van der Waals surface area (Å²) >= 11 is 0. The third-order valence-corrected chi connectivity index (χ3v) is 3.82. The number of nitriles is 1. The van der Waals surface area contributed by atoms with Gasteiger partial charge in [0.15, 0.2) is 0 Å². The highest BCUT2D eigenvalue weighted by molar-refractivity contribution is 5.70. The van der Waals surface area contributed by atoms with Crippen LogP contribution in [0, 0.1) is 11.3 Å². The van der Waals surface area contributed by atoms with Crippen molar-refractivity contribution in [1.82, 2.24) is 9.80 Å². The van der Waals surface area contributed by atoms with Crippen molar-refractivity contribution in [2.24, 2.45) is 4.99 Å². The Morgan fingerprint density at radius 3 is 2.46 bits per heavy atom. The molecule has 1 amide bonds. The lowest BCUT2D eigenvalue weighted by atomic mass is 10.1. The van der Waals surface area contributed by atoms with Crippen LogP contribution in [0.4, 0.5) is 16.2 Å². The maximum atomic E-state index is 12.2. The molecule has 0 atom stereocenters. The first-order valence-electron chi connectivity index (χ1n) is 8.67. The van der Waals surface area contributed by atoms with Crippen LogP contribution in [0.1, 0.15) is 26.3 Å². The van der Waals surface area contributed by atoms with E-state index in [0.29, 0.717) is 37.4 Å². The van der Waals surface area contributed by atoms with E-state index in [4.69, 9.17) is 4.74 Å². The molecule has 7 nitrogen and oxygen atoms in total. The first kappa shape index (κ1) is 19.6. The van der Waals surface area contributed by atoms with Crippen LogP contribution in [0.2, 0.25) is 0 Å². The molecule has 0 bridgehead atoms. The lowest BCUT2D eigenvalue weighted by molar-refractivity contribution is 0.0240. The van der Waals surface area contributed by atoms with Gasteiger partial charge in [-0.25, -0.2) is 9.79 Å². The molecule has 1 aromatic carbocycles. The van der Waals surface area contributed by atoms with Gasteiger partial charge in [-0.15, -0.1) is 0 Å². The van der Waals surface area contributed by atoms with E-state index in [0.717, 1.165) is 5.69 Å². The van der Waals surface area contributed by atoms with Crippen LogP contribution in [0.5, 0.6) is 0 Å². The normalized spacial score (nSPS) is 15.1. The third-order valence-electron chi connectivity index (χ3n) is 3.82. The fraction of sp³-hybridized carbons (Fsp3) is 0.526. The number of aliphatic imine (C=N–C) groups is 1. The standard InChI is InChI=1S/C19H27N5O2/c1-19(2,3)26-18(25)24-10-8-23(9-11-24)16-6-7-17(15(12-16)13-20)21-14-22(4)5/h6-7,12,14H,8-11H2,1-5H3/b21-14+. The van der Waals surface area contributed by atoms with Crippen LogP contribution < -0.4 is 4.90 Å². The number of rotatable bonds is 3. The molecular weight excluding hydrogens is 330 g/mol. The Morgan fingerprint density at radius 1 is 1.27 bits per heavy atom. The number of nitrogens with zero attached hydrogens (tertiary/aromatic N) is 5. The van der Waals surface area contributed by atoms with Crippen LogP contribution in [0.3, 0.4) is 0 Å². The zero-order chi connectivity index (χ0) is 19.3. The van der Waals surface area contributed by atoms with E-state index in [1.807, 2.05) is 58.0 Å². The molecule has 1 fully saturated rings. The van der Waals surface area contributed by atoms with Gasteiger partial charge in [-0.2, -0.15) is 5.26 Å². The number of hydrogen-bond acceptors (Lipinski definition) is 5. The highest BCUT2D eigenvalue weighted by atomic mass is 16.6. The van der Waals surface area contributed by atoms with Gasteiger partial charge in [0.1, 0.15) is 11.7 Å². The SMILES string of the molecule is CN(C)/C=N/c1ccc(N2CCN(C(=O)OC(C)(C)C)CC2)cc1C#N. The van der Waals surface area contributed by atoms with Crippen molar-refractivity contribution < 1.29 is 9.53 Å². The minimum absolute atomic E-state index is 0.275. The van der Waals surface area contributed by atoms with E-state index in [9.17, 15) is 10.1 Å². The minimum Gasteiger partial charge on any atom is -0.444 e. The monoisotopic (exact) mass is 357 g/mol. The number of anilines is 1. The molecule has 0 radical (unpaired) electrons. The molecule has 1 aliphatic heterocycles. The summed E-state index contributed by atoms with van der Waals surface area (Å²) in [6.45, 7) is 8.18. The molecule has 1 aromatic rings. The average molecular weight is 357 g/mol. The van der Waals surface area contributed by atoms with Crippen molar-refractivity contribution >= 4 is 23.8 Å². The van der Waals surface area contributed by atoms with E-state index in [1.165, 1.54) is 0 Å². The summed E-state index contributed by atoms with van der Waals surface area (Å²) in [6, 6.07) is 7.88. The number of amides is 1. The molecule has 1 saturated heterocycles. The van der Waals surface area contributed by atoms with E-state index in [2.05, 4.69) is 16.0 Å². The van der Waals surface area contributed by atoms with Gasteiger partial charge in [0, 0.05) is 46.0 Å². The summed E-state index contributed by atoms with van der Waals surface area (Å²) in [6.07, 6.45) is 1.40. The maximum absolute atomic E-state index is 12.2. The first-order valence-corrected chi connectivity index (χ1v) is 8.67. The first-order chi connectivity index (χ1) is 12.2. The topological polar surface area (TPSA) is 72.2 Å². The Bertz CT molecular complexity index is 708. The predicted octanol–water partition coefficient (Wildman–Crippen LogP) is 2.84. The van der Waals surface area contributed by atoms with Gasteiger partial charge in [-0.05, 0) is 39.0 Å². The highest BCUT2D eigenvalue weighted by Crippen LogP contribution is 2.26. The predicted molar refractivity (Wildman–Crippen MR) is 103 cm³/mol. The molecule has 1 aliphatic rings. The summed E-state index contributed by atoms with van der Waals surface area (Å²) < 4.78 is 5.42. The third kappa shape index (κ3) is 5.38. The Hall–Kier alpha value is -2.75. The lowest BCUT2D eigenvalue weighted by Crippen LogP contribution is -2.50. The molecule has 26 heavy (non-hydrogen) atoms. The quantitative estimate of drug-likeness (QED) is 0.614. The van der Waals surface area contributed by atoms with Crippen LogP contribution in [-0.2, 0) is 4.74 Å². The summed E-state index contributed by atoms with van der Waals surface area (Å²) in [5.41, 5.74) is 1.67. The second-order valence-electron chi connectivity index (χ2n) is 7.48. The number of carbonyl (C=O) groups is 1. The molecule has 1 heterocycles. The van der Waals surface area contributed by atoms with Crippen LogP contribution >= 0.6 is 0 Å². The van der Waals surface area contributed by atoms with Crippen molar-refractivity contribution in [3.05, 3.63) is 23.8 Å². The smallest absolute Gasteiger partial charge is 0.410 e. The number of benzene rings is 1. The van der Waals surface area contributed by atoms with Crippen molar-refractivity contribution in [3.63, 3.8) is 0 Å². The van der Waals surface area contributed by atoms with Gasteiger partial charge in [0.2, 0.25) is 0 Å². The Morgan fingerprint density at radius 2 is 1.92 bits per heavy atom.